The van der Waals surface area contributed by atoms with Crippen molar-refractivity contribution in [1.29, 1.82) is 0 Å². The van der Waals surface area contributed by atoms with Crippen molar-refractivity contribution in [2.45, 2.75) is 18.8 Å². The molecule has 28 heavy (non-hydrogen) atoms. The first kappa shape index (κ1) is 19.2. The van der Waals surface area contributed by atoms with Crippen LogP contribution < -0.4 is 20.7 Å². The summed E-state index contributed by atoms with van der Waals surface area (Å²) in [5, 5.41) is 7.39. The first-order valence-corrected chi connectivity index (χ1v) is 8.08. The summed E-state index contributed by atoms with van der Waals surface area (Å²) in [5.41, 5.74) is 0.635. The molecule has 7 nitrogen and oxygen atoms in total. The van der Waals surface area contributed by atoms with E-state index in [2.05, 4.69) is 20.7 Å². The highest BCUT2D eigenvalue weighted by molar-refractivity contribution is 6.11. The van der Waals surface area contributed by atoms with Gasteiger partial charge in [0, 0.05) is 11.8 Å². The fourth-order valence-corrected chi connectivity index (χ4v) is 2.62. The number of halogens is 3. The number of ether oxygens (including phenoxy) is 1. The maximum Gasteiger partial charge on any atom is 0.573 e. The van der Waals surface area contributed by atoms with Crippen molar-refractivity contribution in [3.05, 3.63) is 54.1 Å². The number of alkyl halides is 3. The Labute approximate surface area is 156 Å². The van der Waals surface area contributed by atoms with Crippen LogP contribution in [0.3, 0.4) is 0 Å². The van der Waals surface area contributed by atoms with Crippen molar-refractivity contribution < 1.29 is 32.3 Å². The Hall–Kier alpha value is -3.56. The van der Waals surface area contributed by atoms with Gasteiger partial charge in [0.2, 0.25) is 11.8 Å². The number of benzene rings is 2. The minimum Gasteiger partial charge on any atom is -0.406 e. The monoisotopic (exact) mass is 393 g/mol. The Kier molecular flexibility index (Phi) is 5.21. The lowest BCUT2D eigenvalue weighted by molar-refractivity contribution is -0.274. The molecule has 2 aromatic rings. The zero-order valence-electron chi connectivity index (χ0n) is 14.2. The predicted molar refractivity (Wildman–Crippen MR) is 92.7 cm³/mol. The molecule has 0 saturated heterocycles. The molecule has 1 aliphatic heterocycles. The molecular formula is C18H14F3N3O4. The molecule has 2 aromatic carbocycles. The summed E-state index contributed by atoms with van der Waals surface area (Å²) < 4.78 is 40.6. The number of rotatable bonds is 4. The van der Waals surface area contributed by atoms with Gasteiger partial charge in [-0.25, -0.2) is 0 Å². The first-order chi connectivity index (χ1) is 13.2. The lowest BCUT2D eigenvalue weighted by Crippen LogP contribution is -2.43. The van der Waals surface area contributed by atoms with Gasteiger partial charge in [0.05, 0.1) is 17.7 Å². The van der Waals surface area contributed by atoms with Crippen LogP contribution in [0.4, 0.5) is 24.5 Å². The van der Waals surface area contributed by atoms with E-state index in [9.17, 15) is 27.6 Å². The molecule has 0 fully saturated rings. The maximum absolute atomic E-state index is 12.3. The zero-order chi connectivity index (χ0) is 20.3. The van der Waals surface area contributed by atoms with Crippen LogP contribution in [0.25, 0.3) is 0 Å². The number of fused-ring (bicyclic) bond motifs is 1. The fraction of sp³-hybridized carbons (Fsp3) is 0.167. The highest BCUT2D eigenvalue weighted by atomic mass is 19.4. The molecule has 146 valence electrons. The first-order valence-electron chi connectivity index (χ1n) is 8.08. The van der Waals surface area contributed by atoms with Gasteiger partial charge >= 0.3 is 6.36 Å². The van der Waals surface area contributed by atoms with Crippen LogP contribution in [-0.4, -0.2) is 30.1 Å². The van der Waals surface area contributed by atoms with E-state index in [-0.39, 0.29) is 11.3 Å². The predicted octanol–water partition coefficient (Wildman–Crippen LogP) is 2.66. The number of anilines is 2. The normalized spacial score (nSPS) is 16.3. The molecular weight excluding hydrogens is 379 g/mol. The third-order valence-electron chi connectivity index (χ3n) is 3.79. The minimum atomic E-state index is -4.86. The third-order valence-corrected chi connectivity index (χ3v) is 3.79. The Morgan fingerprint density at radius 3 is 2.61 bits per heavy atom. The summed E-state index contributed by atoms with van der Waals surface area (Å²) in [6.07, 6.45) is -5.27. The van der Waals surface area contributed by atoms with Gasteiger partial charge in [0.25, 0.3) is 5.91 Å². The molecule has 0 saturated carbocycles. The maximum atomic E-state index is 12.3. The van der Waals surface area contributed by atoms with E-state index in [1.807, 2.05) is 0 Å². The average molecular weight is 393 g/mol. The van der Waals surface area contributed by atoms with Crippen LogP contribution in [0, 0.1) is 0 Å². The van der Waals surface area contributed by atoms with Gasteiger partial charge in [-0.3, -0.25) is 14.4 Å². The molecule has 3 N–H and O–H groups in total. The quantitative estimate of drug-likeness (QED) is 0.744. The Balaban J connectivity index is 1.66. The van der Waals surface area contributed by atoms with Crippen LogP contribution in [0.2, 0.25) is 0 Å². The van der Waals surface area contributed by atoms with Crippen LogP contribution in [-0.2, 0) is 9.59 Å². The summed E-state index contributed by atoms with van der Waals surface area (Å²) in [7, 11) is 0. The van der Waals surface area contributed by atoms with Gasteiger partial charge in [-0.05, 0) is 24.3 Å². The van der Waals surface area contributed by atoms with Crippen LogP contribution in [0.15, 0.2) is 48.5 Å². The van der Waals surface area contributed by atoms with Crippen molar-refractivity contribution in [3.8, 4) is 5.75 Å². The molecule has 1 atom stereocenters. The number of nitrogens with one attached hydrogen (secondary N) is 3. The molecule has 0 unspecified atom stereocenters. The van der Waals surface area contributed by atoms with E-state index in [1.54, 1.807) is 18.2 Å². The van der Waals surface area contributed by atoms with Gasteiger partial charge in [-0.15, -0.1) is 13.2 Å². The van der Waals surface area contributed by atoms with E-state index in [1.165, 1.54) is 18.2 Å². The second kappa shape index (κ2) is 7.59. The smallest absolute Gasteiger partial charge is 0.406 e. The van der Waals surface area contributed by atoms with Crippen molar-refractivity contribution in [3.63, 3.8) is 0 Å². The second-order valence-corrected chi connectivity index (χ2v) is 5.89. The summed E-state index contributed by atoms with van der Waals surface area (Å²) in [6.45, 7) is 0. The summed E-state index contributed by atoms with van der Waals surface area (Å²) in [6, 6.07) is 9.93. The number of carbonyl (C=O) groups excluding carboxylic acids is 3. The van der Waals surface area contributed by atoms with Crippen molar-refractivity contribution in [2.75, 3.05) is 10.6 Å². The molecule has 0 bridgehead atoms. The molecule has 0 radical (unpaired) electrons. The van der Waals surface area contributed by atoms with Crippen molar-refractivity contribution in [2.24, 2.45) is 0 Å². The third kappa shape index (κ3) is 4.78. The van der Waals surface area contributed by atoms with Crippen LogP contribution in [0.5, 0.6) is 5.75 Å². The molecule has 3 rings (SSSR count). The molecule has 1 heterocycles. The molecule has 3 amide bonds. The van der Waals surface area contributed by atoms with Crippen molar-refractivity contribution in [1.82, 2.24) is 5.32 Å². The van der Waals surface area contributed by atoms with Crippen LogP contribution in [0.1, 0.15) is 16.8 Å². The Morgan fingerprint density at radius 2 is 1.86 bits per heavy atom. The van der Waals surface area contributed by atoms with Crippen molar-refractivity contribution >= 4 is 29.1 Å². The number of hydrogen-bond acceptors (Lipinski definition) is 4. The van der Waals surface area contributed by atoms with Crippen LogP contribution >= 0.6 is 0 Å². The van der Waals surface area contributed by atoms with Gasteiger partial charge in [0.1, 0.15) is 11.8 Å². The Morgan fingerprint density at radius 1 is 1.11 bits per heavy atom. The van der Waals surface area contributed by atoms with E-state index in [0.717, 1.165) is 12.1 Å². The highest BCUT2D eigenvalue weighted by Crippen LogP contribution is 2.25. The molecule has 0 spiro atoms. The van der Waals surface area contributed by atoms with E-state index >= 15 is 0 Å². The lowest BCUT2D eigenvalue weighted by Gasteiger charge is -2.15. The molecule has 0 aliphatic carbocycles. The number of para-hydroxylation sites is 1. The summed E-state index contributed by atoms with van der Waals surface area (Å²) >= 11 is 0. The van der Waals surface area contributed by atoms with Gasteiger partial charge in [-0.1, -0.05) is 18.2 Å². The van der Waals surface area contributed by atoms with E-state index in [0.29, 0.717) is 5.69 Å². The van der Waals surface area contributed by atoms with E-state index < -0.39 is 42.3 Å². The minimum absolute atomic E-state index is 0.0513. The SMILES string of the molecule is O=C(C[C@@H]1NC(=O)c2ccccc2NC1=O)Nc1cccc(OC(F)(F)F)c1. The largest absolute Gasteiger partial charge is 0.573 e. The summed E-state index contributed by atoms with van der Waals surface area (Å²) in [5.74, 6) is -2.27. The lowest BCUT2D eigenvalue weighted by atomic mass is 10.1. The average Bonchev–Trinajstić information content (AvgIpc) is 2.71. The summed E-state index contributed by atoms with van der Waals surface area (Å²) in [4.78, 5) is 36.7. The van der Waals surface area contributed by atoms with E-state index in [4.69, 9.17) is 0 Å². The number of hydrogen-bond donors (Lipinski definition) is 3. The topological polar surface area (TPSA) is 96.5 Å². The molecule has 1 aliphatic rings. The zero-order valence-corrected chi connectivity index (χ0v) is 14.2. The van der Waals surface area contributed by atoms with Gasteiger partial charge in [-0.2, -0.15) is 0 Å². The highest BCUT2D eigenvalue weighted by Gasteiger charge is 2.31. The standard InChI is InChI=1S/C18H14F3N3O4/c19-18(20,21)28-11-5-3-4-10(8-11)22-15(25)9-14-17(27)23-13-7-2-1-6-12(13)16(26)24-14/h1-8,14H,9H2,(H,22,25)(H,23,27)(H,24,26)/t14-/m0/s1. The fourth-order valence-electron chi connectivity index (χ4n) is 2.62. The molecule has 0 aromatic heterocycles. The second-order valence-electron chi connectivity index (χ2n) is 5.89. The molecule has 10 heteroatoms. The van der Waals surface area contributed by atoms with Gasteiger partial charge in [0.15, 0.2) is 0 Å². The van der Waals surface area contributed by atoms with Gasteiger partial charge < -0.3 is 20.7 Å². The number of carbonyl (C=O) groups is 3. The number of amides is 3. The Bertz CT molecular complexity index is 930.